The van der Waals surface area contributed by atoms with E-state index in [1.54, 1.807) is 16.9 Å². The Balaban J connectivity index is 1.68. The SMILES string of the molecule is CC[C@H](C)N1CC(=O)N2[C@H](c3ccc(OC)cc3)c3[nH]c4ccccc4c3C[C@H]2C1=O. The lowest BCUT2D eigenvalue weighted by atomic mass is 9.86. The summed E-state index contributed by atoms with van der Waals surface area (Å²) in [4.78, 5) is 34.1. The van der Waals surface area contributed by atoms with Crippen LogP contribution in [0.15, 0.2) is 48.5 Å². The van der Waals surface area contributed by atoms with Gasteiger partial charge in [0, 0.05) is 29.1 Å². The molecule has 2 aliphatic heterocycles. The number of aromatic nitrogens is 1. The maximum atomic E-state index is 13.6. The van der Waals surface area contributed by atoms with Crippen molar-refractivity contribution in [2.24, 2.45) is 0 Å². The van der Waals surface area contributed by atoms with Crippen LogP contribution in [0.5, 0.6) is 5.75 Å². The third kappa shape index (κ3) is 3.00. The number of carbonyl (C=O) groups excluding carboxylic acids is 2. The molecule has 6 nitrogen and oxygen atoms in total. The summed E-state index contributed by atoms with van der Waals surface area (Å²) >= 11 is 0. The second kappa shape index (κ2) is 7.45. The molecule has 5 rings (SSSR count). The van der Waals surface area contributed by atoms with E-state index in [0.29, 0.717) is 6.42 Å². The number of aromatic amines is 1. The van der Waals surface area contributed by atoms with E-state index in [4.69, 9.17) is 4.74 Å². The fraction of sp³-hybridized carbons (Fsp3) is 0.360. The molecule has 3 aromatic rings. The number of hydrogen-bond donors (Lipinski definition) is 1. The summed E-state index contributed by atoms with van der Waals surface area (Å²) in [5.41, 5.74) is 4.13. The minimum atomic E-state index is -0.492. The summed E-state index contributed by atoms with van der Waals surface area (Å²) in [6.07, 6.45) is 1.36. The summed E-state index contributed by atoms with van der Waals surface area (Å²) in [6.45, 7) is 4.20. The molecule has 1 aromatic heterocycles. The molecule has 3 atom stereocenters. The van der Waals surface area contributed by atoms with Crippen molar-refractivity contribution in [2.45, 2.75) is 44.8 Å². The number of nitrogens with zero attached hydrogens (tertiary/aromatic N) is 2. The molecule has 0 radical (unpaired) electrons. The van der Waals surface area contributed by atoms with Crippen LogP contribution in [-0.2, 0) is 16.0 Å². The fourth-order valence-corrected chi connectivity index (χ4v) is 5.01. The Morgan fingerprint density at radius 3 is 2.58 bits per heavy atom. The number of amides is 2. The average Bonchev–Trinajstić information content (AvgIpc) is 3.18. The van der Waals surface area contributed by atoms with Gasteiger partial charge in [-0.3, -0.25) is 9.59 Å². The number of benzene rings is 2. The summed E-state index contributed by atoms with van der Waals surface area (Å²) < 4.78 is 5.32. The van der Waals surface area contributed by atoms with Gasteiger partial charge in [-0.2, -0.15) is 0 Å². The normalized spacial score (nSPS) is 21.8. The van der Waals surface area contributed by atoms with Crippen LogP contribution >= 0.6 is 0 Å². The Kier molecular flexibility index (Phi) is 4.73. The number of carbonyl (C=O) groups is 2. The quantitative estimate of drug-likeness (QED) is 0.705. The van der Waals surface area contributed by atoms with Crippen LogP contribution in [0, 0.1) is 0 Å². The second-order valence-electron chi connectivity index (χ2n) is 8.48. The average molecular weight is 418 g/mol. The molecule has 2 aliphatic rings. The summed E-state index contributed by atoms with van der Waals surface area (Å²) in [5, 5.41) is 1.12. The highest BCUT2D eigenvalue weighted by Gasteiger charge is 2.48. The van der Waals surface area contributed by atoms with Crippen molar-refractivity contribution < 1.29 is 14.3 Å². The minimum Gasteiger partial charge on any atom is -0.497 e. The molecule has 1 N–H and O–H groups in total. The van der Waals surface area contributed by atoms with E-state index >= 15 is 0 Å². The van der Waals surface area contributed by atoms with E-state index in [2.05, 4.69) is 11.1 Å². The predicted molar refractivity (Wildman–Crippen MR) is 119 cm³/mol. The molecule has 3 heterocycles. The molecule has 0 bridgehead atoms. The third-order valence-corrected chi connectivity index (χ3v) is 6.85. The molecule has 6 heteroatoms. The predicted octanol–water partition coefficient (Wildman–Crippen LogP) is 3.66. The van der Waals surface area contributed by atoms with Crippen LogP contribution in [0.3, 0.4) is 0 Å². The maximum absolute atomic E-state index is 13.6. The lowest BCUT2D eigenvalue weighted by molar-refractivity contribution is -0.160. The molecule has 160 valence electrons. The highest BCUT2D eigenvalue weighted by atomic mass is 16.5. The second-order valence-corrected chi connectivity index (χ2v) is 8.48. The largest absolute Gasteiger partial charge is 0.497 e. The van der Waals surface area contributed by atoms with Crippen LogP contribution in [0.4, 0.5) is 0 Å². The highest BCUT2D eigenvalue weighted by Crippen LogP contribution is 2.43. The van der Waals surface area contributed by atoms with E-state index in [1.165, 1.54) is 0 Å². The number of methoxy groups -OCH3 is 1. The van der Waals surface area contributed by atoms with Crippen LogP contribution < -0.4 is 4.74 Å². The van der Waals surface area contributed by atoms with Gasteiger partial charge in [0.1, 0.15) is 18.3 Å². The van der Waals surface area contributed by atoms with Crippen LogP contribution in [0.25, 0.3) is 10.9 Å². The van der Waals surface area contributed by atoms with Crippen molar-refractivity contribution in [1.29, 1.82) is 0 Å². The lowest BCUT2D eigenvalue weighted by Gasteiger charge is -2.48. The number of rotatable bonds is 4. The van der Waals surface area contributed by atoms with E-state index in [9.17, 15) is 9.59 Å². The number of fused-ring (bicyclic) bond motifs is 4. The number of ether oxygens (including phenoxy) is 1. The molecule has 0 spiro atoms. The number of nitrogens with one attached hydrogen (secondary N) is 1. The fourth-order valence-electron chi connectivity index (χ4n) is 5.01. The first-order valence-electron chi connectivity index (χ1n) is 10.9. The zero-order valence-corrected chi connectivity index (χ0v) is 18.1. The topological polar surface area (TPSA) is 65.6 Å². The van der Waals surface area contributed by atoms with E-state index in [1.807, 2.05) is 56.3 Å². The minimum absolute atomic E-state index is 0.00461. The van der Waals surface area contributed by atoms with Gasteiger partial charge < -0.3 is 19.5 Å². The first kappa shape index (κ1) is 19.7. The highest BCUT2D eigenvalue weighted by molar-refractivity contribution is 5.97. The smallest absolute Gasteiger partial charge is 0.246 e. The maximum Gasteiger partial charge on any atom is 0.246 e. The van der Waals surface area contributed by atoms with Crippen molar-refractivity contribution in [2.75, 3.05) is 13.7 Å². The lowest BCUT2D eigenvalue weighted by Crippen LogP contribution is -2.64. The number of H-pyrrole nitrogens is 1. The zero-order valence-electron chi connectivity index (χ0n) is 18.1. The Labute approximate surface area is 181 Å². The van der Waals surface area contributed by atoms with E-state index in [0.717, 1.165) is 39.9 Å². The molecule has 0 saturated carbocycles. The molecule has 0 unspecified atom stereocenters. The van der Waals surface area contributed by atoms with Gasteiger partial charge in [0.05, 0.1) is 13.2 Å². The summed E-state index contributed by atoms with van der Waals surface area (Å²) in [7, 11) is 1.64. The van der Waals surface area contributed by atoms with Gasteiger partial charge in [0.25, 0.3) is 0 Å². The molecule has 0 aliphatic carbocycles. The van der Waals surface area contributed by atoms with Gasteiger partial charge in [-0.05, 0) is 42.7 Å². The van der Waals surface area contributed by atoms with Crippen molar-refractivity contribution in [3.8, 4) is 5.75 Å². The van der Waals surface area contributed by atoms with Crippen molar-refractivity contribution >= 4 is 22.7 Å². The van der Waals surface area contributed by atoms with E-state index < -0.39 is 6.04 Å². The Morgan fingerprint density at radius 2 is 1.87 bits per heavy atom. The molecule has 2 aromatic carbocycles. The molecular weight excluding hydrogens is 390 g/mol. The number of piperazine rings is 1. The molecule has 31 heavy (non-hydrogen) atoms. The van der Waals surface area contributed by atoms with E-state index in [-0.39, 0.29) is 30.4 Å². The Bertz CT molecular complexity index is 1150. The number of hydrogen-bond acceptors (Lipinski definition) is 3. The molecule has 1 saturated heterocycles. The van der Waals surface area contributed by atoms with Gasteiger partial charge >= 0.3 is 0 Å². The van der Waals surface area contributed by atoms with Crippen LogP contribution in [0.2, 0.25) is 0 Å². The summed E-state index contributed by atoms with van der Waals surface area (Å²) in [6, 6.07) is 15.2. The first-order chi connectivity index (χ1) is 15.0. The number of para-hydroxylation sites is 1. The Morgan fingerprint density at radius 1 is 1.13 bits per heavy atom. The molecule has 2 amide bonds. The van der Waals surface area contributed by atoms with Gasteiger partial charge in [-0.1, -0.05) is 37.3 Å². The van der Waals surface area contributed by atoms with Gasteiger partial charge in [0.15, 0.2) is 0 Å². The summed E-state index contributed by atoms with van der Waals surface area (Å²) in [5.74, 6) is 0.801. The van der Waals surface area contributed by atoms with Gasteiger partial charge in [0.2, 0.25) is 11.8 Å². The van der Waals surface area contributed by atoms with Crippen molar-refractivity contribution in [3.63, 3.8) is 0 Å². The monoisotopic (exact) mass is 417 g/mol. The van der Waals surface area contributed by atoms with Gasteiger partial charge in [-0.15, -0.1) is 0 Å². The first-order valence-corrected chi connectivity index (χ1v) is 10.9. The van der Waals surface area contributed by atoms with Crippen LogP contribution in [-0.4, -0.2) is 52.3 Å². The third-order valence-electron chi connectivity index (χ3n) is 6.85. The van der Waals surface area contributed by atoms with Crippen molar-refractivity contribution in [1.82, 2.24) is 14.8 Å². The van der Waals surface area contributed by atoms with Gasteiger partial charge in [-0.25, -0.2) is 0 Å². The standard InChI is InChI=1S/C25H27N3O3/c1-4-15(2)27-14-22(29)28-21(25(27)30)13-19-18-7-5-6-8-20(18)26-23(19)24(28)16-9-11-17(31-3)12-10-16/h5-12,15,21,24,26H,4,13-14H2,1-3H3/t15-,21-,24+/m0/s1. The Hall–Kier alpha value is -3.28. The van der Waals surface area contributed by atoms with Crippen LogP contribution in [0.1, 0.15) is 43.1 Å². The molecular formula is C25H27N3O3. The zero-order chi connectivity index (χ0) is 21.7. The molecule has 1 fully saturated rings. The van der Waals surface area contributed by atoms with Crippen molar-refractivity contribution in [3.05, 3.63) is 65.4 Å².